The molecule has 2 rings (SSSR count). The van der Waals surface area contributed by atoms with E-state index in [-0.39, 0.29) is 0 Å². The second-order valence-corrected chi connectivity index (χ2v) is 4.75. The molecule has 1 aromatic heterocycles. The van der Waals surface area contributed by atoms with E-state index in [9.17, 15) is 0 Å². The summed E-state index contributed by atoms with van der Waals surface area (Å²) in [5.41, 5.74) is 2.19. The Kier molecular flexibility index (Phi) is 4.77. The summed E-state index contributed by atoms with van der Waals surface area (Å²) in [5, 5.41) is 3.86. The molecule has 0 atom stereocenters. The average molecular weight is 277 g/mol. The number of nitrogens with one attached hydrogen (secondary N) is 1. The van der Waals surface area contributed by atoms with Gasteiger partial charge in [-0.3, -0.25) is 4.98 Å². The highest BCUT2D eigenvalue weighted by Crippen LogP contribution is 2.29. The Morgan fingerprint density at radius 1 is 1.26 bits per heavy atom. The van der Waals surface area contributed by atoms with E-state index in [0.717, 1.165) is 24.2 Å². The Labute approximate surface area is 118 Å². The van der Waals surface area contributed by atoms with Crippen molar-refractivity contribution in [3.05, 3.63) is 52.8 Å². The number of aryl methyl sites for hydroxylation is 1. The molecule has 1 N–H and O–H groups in total. The fourth-order valence-corrected chi connectivity index (χ4v) is 1.97. The topological polar surface area (TPSA) is 34.2 Å². The zero-order valence-electron chi connectivity index (χ0n) is 11.1. The van der Waals surface area contributed by atoms with Gasteiger partial charge < -0.3 is 10.1 Å². The molecular formula is C15H17ClN2O. The highest BCUT2D eigenvalue weighted by atomic mass is 35.5. The molecule has 0 fully saturated rings. The molecule has 0 aliphatic heterocycles. The third-order valence-electron chi connectivity index (χ3n) is 2.66. The van der Waals surface area contributed by atoms with E-state index in [0.29, 0.717) is 16.5 Å². The maximum atomic E-state index is 6.15. The van der Waals surface area contributed by atoms with Gasteiger partial charge in [0.1, 0.15) is 11.5 Å². The Morgan fingerprint density at radius 2 is 2.11 bits per heavy atom. The van der Waals surface area contributed by atoms with Crippen molar-refractivity contribution in [3.63, 3.8) is 0 Å². The van der Waals surface area contributed by atoms with Crippen LogP contribution < -0.4 is 10.1 Å². The normalized spacial score (nSPS) is 10.5. The van der Waals surface area contributed by atoms with E-state index < -0.39 is 0 Å². The summed E-state index contributed by atoms with van der Waals surface area (Å²) < 4.78 is 5.76. The molecule has 1 aromatic carbocycles. The van der Waals surface area contributed by atoms with Crippen LogP contribution in [0.1, 0.15) is 18.1 Å². The minimum absolute atomic E-state index is 0.608. The highest BCUT2D eigenvalue weighted by molar-refractivity contribution is 6.32. The molecule has 19 heavy (non-hydrogen) atoms. The van der Waals surface area contributed by atoms with Gasteiger partial charge in [0.25, 0.3) is 0 Å². The molecule has 1 heterocycles. The number of hydrogen-bond acceptors (Lipinski definition) is 3. The van der Waals surface area contributed by atoms with E-state index in [4.69, 9.17) is 16.3 Å². The van der Waals surface area contributed by atoms with Crippen molar-refractivity contribution in [2.45, 2.75) is 20.4 Å². The van der Waals surface area contributed by atoms with Gasteiger partial charge >= 0.3 is 0 Å². The summed E-state index contributed by atoms with van der Waals surface area (Å²) in [6.45, 7) is 5.77. The van der Waals surface area contributed by atoms with Gasteiger partial charge in [0, 0.05) is 12.7 Å². The first-order valence-corrected chi connectivity index (χ1v) is 6.65. The van der Waals surface area contributed by atoms with Gasteiger partial charge in [-0.1, -0.05) is 24.6 Å². The number of rotatable bonds is 5. The SMILES string of the molecule is CCNCc1cncc(Oc2ccc(C)cc2Cl)c1. The van der Waals surface area contributed by atoms with Crippen LogP contribution in [-0.4, -0.2) is 11.5 Å². The van der Waals surface area contributed by atoms with E-state index in [1.54, 1.807) is 6.20 Å². The number of hydrogen-bond donors (Lipinski definition) is 1. The van der Waals surface area contributed by atoms with E-state index >= 15 is 0 Å². The maximum Gasteiger partial charge on any atom is 0.146 e. The Hall–Kier alpha value is -1.58. The Morgan fingerprint density at radius 3 is 2.84 bits per heavy atom. The predicted octanol–water partition coefficient (Wildman–Crippen LogP) is 3.95. The van der Waals surface area contributed by atoms with Crippen LogP contribution in [0.3, 0.4) is 0 Å². The molecule has 2 aromatic rings. The van der Waals surface area contributed by atoms with Crippen LogP contribution in [0.25, 0.3) is 0 Å². The summed E-state index contributed by atoms with van der Waals surface area (Å²) >= 11 is 6.15. The molecular weight excluding hydrogens is 260 g/mol. The van der Waals surface area contributed by atoms with Gasteiger partial charge in [-0.05, 0) is 42.8 Å². The lowest BCUT2D eigenvalue weighted by molar-refractivity contribution is 0.479. The minimum Gasteiger partial charge on any atom is -0.454 e. The zero-order valence-corrected chi connectivity index (χ0v) is 11.9. The lowest BCUT2D eigenvalue weighted by atomic mass is 10.2. The van der Waals surface area contributed by atoms with Gasteiger partial charge in [-0.2, -0.15) is 0 Å². The maximum absolute atomic E-state index is 6.15. The van der Waals surface area contributed by atoms with Crippen molar-refractivity contribution in [1.29, 1.82) is 0 Å². The first-order chi connectivity index (χ1) is 9.19. The minimum atomic E-state index is 0.608. The number of nitrogens with zero attached hydrogens (tertiary/aromatic N) is 1. The van der Waals surface area contributed by atoms with Crippen LogP contribution in [-0.2, 0) is 6.54 Å². The number of benzene rings is 1. The van der Waals surface area contributed by atoms with E-state index in [1.807, 2.05) is 37.4 Å². The second kappa shape index (κ2) is 6.55. The molecule has 0 aliphatic carbocycles. The monoisotopic (exact) mass is 276 g/mol. The summed E-state index contributed by atoms with van der Waals surface area (Å²) in [6.07, 6.45) is 3.51. The van der Waals surface area contributed by atoms with Crippen LogP contribution in [0.15, 0.2) is 36.7 Å². The standard InChI is InChI=1S/C15H17ClN2O/c1-3-17-8-12-7-13(10-18-9-12)19-15-5-4-11(2)6-14(15)16/h4-7,9-10,17H,3,8H2,1-2H3. The van der Waals surface area contributed by atoms with Crippen LogP contribution in [0.4, 0.5) is 0 Å². The average Bonchev–Trinajstić information content (AvgIpc) is 2.40. The third-order valence-corrected chi connectivity index (χ3v) is 2.96. The first-order valence-electron chi connectivity index (χ1n) is 6.27. The van der Waals surface area contributed by atoms with Crippen molar-refractivity contribution in [2.24, 2.45) is 0 Å². The van der Waals surface area contributed by atoms with Gasteiger partial charge in [0.2, 0.25) is 0 Å². The molecule has 0 aliphatic rings. The number of ether oxygens (including phenoxy) is 1. The lowest BCUT2D eigenvalue weighted by Gasteiger charge is -2.09. The third kappa shape index (κ3) is 3.94. The quantitative estimate of drug-likeness (QED) is 0.898. The van der Waals surface area contributed by atoms with Gasteiger partial charge in [-0.25, -0.2) is 0 Å². The van der Waals surface area contributed by atoms with Crippen LogP contribution in [0.2, 0.25) is 5.02 Å². The molecule has 0 amide bonds. The van der Waals surface area contributed by atoms with Crippen molar-refractivity contribution >= 4 is 11.6 Å². The second-order valence-electron chi connectivity index (χ2n) is 4.35. The summed E-state index contributed by atoms with van der Waals surface area (Å²) in [5.74, 6) is 1.34. The highest BCUT2D eigenvalue weighted by Gasteiger charge is 2.04. The summed E-state index contributed by atoms with van der Waals surface area (Å²) in [4.78, 5) is 4.17. The summed E-state index contributed by atoms with van der Waals surface area (Å²) in [7, 11) is 0. The molecule has 0 saturated heterocycles. The number of pyridine rings is 1. The molecule has 100 valence electrons. The lowest BCUT2D eigenvalue weighted by Crippen LogP contribution is -2.11. The van der Waals surface area contributed by atoms with E-state index in [1.165, 1.54) is 0 Å². The number of halogens is 1. The fourth-order valence-electron chi connectivity index (χ4n) is 1.70. The zero-order chi connectivity index (χ0) is 13.7. The molecule has 0 bridgehead atoms. The van der Waals surface area contributed by atoms with E-state index in [2.05, 4.69) is 17.2 Å². The first kappa shape index (κ1) is 13.8. The molecule has 4 heteroatoms. The van der Waals surface area contributed by atoms with Crippen molar-refractivity contribution in [3.8, 4) is 11.5 Å². The van der Waals surface area contributed by atoms with Crippen LogP contribution in [0, 0.1) is 6.92 Å². The van der Waals surface area contributed by atoms with Gasteiger partial charge in [-0.15, -0.1) is 0 Å². The van der Waals surface area contributed by atoms with Crippen LogP contribution >= 0.6 is 11.6 Å². The summed E-state index contributed by atoms with van der Waals surface area (Å²) in [6, 6.07) is 7.68. The Bertz CT molecular complexity index is 558. The number of aromatic nitrogens is 1. The van der Waals surface area contributed by atoms with Crippen molar-refractivity contribution < 1.29 is 4.74 Å². The van der Waals surface area contributed by atoms with Crippen molar-refractivity contribution in [1.82, 2.24) is 10.3 Å². The Balaban J connectivity index is 2.14. The smallest absolute Gasteiger partial charge is 0.146 e. The molecule has 0 saturated carbocycles. The predicted molar refractivity (Wildman–Crippen MR) is 77.9 cm³/mol. The molecule has 0 unspecified atom stereocenters. The van der Waals surface area contributed by atoms with Crippen LogP contribution in [0.5, 0.6) is 11.5 Å². The largest absolute Gasteiger partial charge is 0.454 e. The molecule has 0 radical (unpaired) electrons. The fraction of sp³-hybridized carbons (Fsp3) is 0.267. The molecule has 3 nitrogen and oxygen atoms in total. The molecule has 0 spiro atoms. The van der Waals surface area contributed by atoms with Crippen molar-refractivity contribution in [2.75, 3.05) is 6.54 Å². The van der Waals surface area contributed by atoms with Gasteiger partial charge in [0.15, 0.2) is 0 Å². The van der Waals surface area contributed by atoms with Gasteiger partial charge in [0.05, 0.1) is 11.2 Å².